The zero-order valence-corrected chi connectivity index (χ0v) is 7.54. The average Bonchev–Trinajstić information content (AvgIpc) is 2.70. The van der Waals surface area contributed by atoms with Gasteiger partial charge in [0.15, 0.2) is 0 Å². The van der Waals surface area contributed by atoms with Crippen LogP contribution in [-0.2, 0) is 0 Å². The molecule has 0 amide bonds. The fourth-order valence-corrected chi connectivity index (χ4v) is 1.46. The number of nitrogens with one attached hydrogen (secondary N) is 2. The summed E-state index contributed by atoms with van der Waals surface area (Å²) in [5.41, 5.74) is 1.26. The van der Waals surface area contributed by atoms with Crippen LogP contribution in [0.25, 0.3) is 0 Å². The fraction of sp³-hybridized carbons (Fsp3) is 0.889. The Hall–Kier alpha value is -0.370. The zero-order valence-electron chi connectivity index (χ0n) is 7.54. The van der Waals surface area contributed by atoms with Crippen LogP contribution in [0.2, 0.25) is 0 Å². The van der Waals surface area contributed by atoms with Crippen LogP contribution >= 0.6 is 0 Å². The van der Waals surface area contributed by atoms with Crippen molar-refractivity contribution in [2.24, 2.45) is 0 Å². The molecule has 0 aromatic carbocycles. The SMILES string of the molecule is CCCC(=N)CC1(NC)CC1. The Bertz CT molecular complexity index is 148. The number of hydrogen-bond donors (Lipinski definition) is 2. The minimum atomic E-state index is 0.340. The summed E-state index contributed by atoms with van der Waals surface area (Å²) in [5.74, 6) is 0. The van der Waals surface area contributed by atoms with Crippen LogP contribution < -0.4 is 5.32 Å². The third-order valence-corrected chi connectivity index (χ3v) is 2.49. The number of hydrogen-bond acceptors (Lipinski definition) is 2. The molecule has 1 fully saturated rings. The van der Waals surface area contributed by atoms with Gasteiger partial charge in [-0.05, 0) is 26.3 Å². The molecule has 2 N–H and O–H groups in total. The summed E-state index contributed by atoms with van der Waals surface area (Å²) in [4.78, 5) is 0. The monoisotopic (exact) mass is 154 g/mol. The highest BCUT2D eigenvalue weighted by atomic mass is 15.0. The Morgan fingerprint density at radius 2 is 2.18 bits per heavy atom. The second-order valence-corrected chi connectivity index (χ2v) is 3.56. The molecule has 1 rings (SSSR count). The van der Waals surface area contributed by atoms with Crippen molar-refractivity contribution in [3.05, 3.63) is 0 Å². The van der Waals surface area contributed by atoms with E-state index in [1.807, 2.05) is 7.05 Å². The van der Waals surface area contributed by atoms with Gasteiger partial charge in [-0.3, -0.25) is 0 Å². The topological polar surface area (TPSA) is 35.9 Å². The largest absolute Gasteiger partial charge is 0.314 e. The highest BCUT2D eigenvalue weighted by Crippen LogP contribution is 2.38. The minimum absolute atomic E-state index is 0.340. The van der Waals surface area contributed by atoms with Gasteiger partial charge in [0, 0.05) is 17.7 Å². The molecular formula is C9H18N2. The Labute approximate surface area is 68.9 Å². The van der Waals surface area contributed by atoms with E-state index < -0.39 is 0 Å². The molecule has 1 saturated carbocycles. The molecule has 2 heteroatoms. The molecule has 0 unspecified atom stereocenters. The Morgan fingerprint density at radius 1 is 1.55 bits per heavy atom. The van der Waals surface area contributed by atoms with Crippen LogP contribution in [0.4, 0.5) is 0 Å². The van der Waals surface area contributed by atoms with E-state index in [4.69, 9.17) is 5.41 Å². The molecule has 0 heterocycles. The first-order valence-electron chi connectivity index (χ1n) is 4.47. The standard InChI is InChI=1S/C9H18N2/c1-3-4-8(10)7-9(11-2)5-6-9/h10-11H,3-7H2,1-2H3. The lowest BCUT2D eigenvalue weighted by Gasteiger charge is -2.13. The van der Waals surface area contributed by atoms with Crippen LogP contribution in [0, 0.1) is 5.41 Å². The van der Waals surface area contributed by atoms with E-state index in [0.29, 0.717) is 5.54 Å². The molecule has 0 radical (unpaired) electrons. The lowest BCUT2D eigenvalue weighted by molar-refractivity contribution is 0.567. The highest BCUT2D eigenvalue weighted by Gasteiger charge is 2.41. The van der Waals surface area contributed by atoms with E-state index >= 15 is 0 Å². The van der Waals surface area contributed by atoms with Crippen molar-refractivity contribution in [3.63, 3.8) is 0 Å². The van der Waals surface area contributed by atoms with Gasteiger partial charge in [0.25, 0.3) is 0 Å². The molecule has 1 aliphatic carbocycles. The lowest BCUT2D eigenvalue weighted by Crippen LogP contribution is -2.29. The first-order valence-corrected chi connectivity index (χ1v) is 4.47. The molecule has 11 heavy (non-hydrogen) atoms. The highest BCUT2D eigenvalue weighted by molar-refractivity contribution is 5.82. The molecule has 0 aromatic rings. The quantitative estimate of drug-likeness (QED) is 0.583. The molecule has 2 nitrogen and oxygen atoms in total. The number of rotatable bonds is 5. The first-order chi connectivity index (χ1) is 5.22. The predicted octanol–water partition coefficient (Wildman–Crippen LogP) is 1.95. The third kappa shape index (κ3) is 2.29. The average molecular weight is 154 g/mol. The van der Waals surface area contributed by atoms with Crippen LogP contribution in [0.5, 0.6) is 0 Å². The summed E-state index contributed by atoms with van der Waals surface area (Å²) in [6.07, 6.45) is 5.57. The van der Waals surface area contributed by atoms with Gasteiger partial charge in [-0.25, -0.2) is 0 Å². The second-order valence-electron chi connectivity index (χ2n) is 3.56. The fourth-order valence-electron chi connectivity index (χ4n) is 1.46. The molecule has 0 saturated heterocycles. The molecule has 0 aromatic heterocycles. The molecule has 0 spiro atoms. The molecule has 1 aliphatic rings. The van der Waals surface area contributed by atoms with E-state index in [0.717, 1.165) is 25.0 Å². The van der Waals surface area contributed by atoms with Crippen molar-refractivity contribution in [1.29, 1.82) is 5.41 Å². The van der Waals surface area contributed by atoms with Gasteiger partial charge in [-0.1, -0.05) is 13.3 Å². The van der Waals surface area contributed by atoms with Crippen molar-refractivity contribution in [3.8, 4) is 0 Å². The molecule has 0 bridgehead atoms. The Kier molecular flexibility index (Phi) is 2.66. The van der Waals surface area contributed by atoms with Crippen molar-refractivity contribution in [2.45, 2.75) is 44.6 Å². The third-order valence-electron chi connectivity index (χ3n) is 2.49. The van der Waals surface area contributed by atoms with Gasteiger partial charge in [-0.15, -0.1) is 0 Å². The Balaban J connectivity index is 2.24. The molecule has 0 atom stereocenters. The van der Waals surface area contributed by atoms with Crippen molar-refractivity contribution in [2.75, 3.05) is 7.05 Å². The zero-order chi connectivity index (χ0) is 8.32. The van der Waals surface area contributed by atoms with Gasteiger partial charge in [0.1, 0.15) is 0 Å². The lowest BCUT2D eigenvalue weighted by atomic mass is 10.1. The first kappa shape index (κ1) is 8.72. The van der Waals surface area contributed by atoms with E-state index in [9.17, 15) is 0 Å². The summed E-state index contributed by atoms with van der Waals surface area (Å²) in [6, 6.07) is 0. The maximum atomic E-state index is 7.65. The molecular weight excluding hydrogens is 136 g/mol. The van der Waals surface area contributed by atoms with Crippen molar-refractivity contribution in [1.82, 2.24) is 5.32 Å². The van der Waals surface area contributed by atoms with E-state index in [-0.39, 0.29) is 0 Å². The summed E-state index contributed by atoms with van der Waals surface area (Å²) in [7, 11) is 2.01. The van der Waals surface area contributed by atoms with E-state index in [2.05, 4.69) is 12.2 Å². The van der Waals surface area contributed by atoms with E-state index in [1.165, 1.54) is 12.8 Å². The van der Waals surface area contributed by atoms with Gasteiger partial charge >= 0.3 is 0 Å². The summed E-state index contributed by atoms with van der Waals surface area (Å²) in [5, 5.41) is 10.9. The van der Waals surface area contributed by atoms with Gasteiger partial charge in [0.2, 0.25) is 0 Å². The van der Waals surface area contributed by atoms with Crippen LogP contribution in [-0.4, -0.2) is 18.3 Å². The maximum Gasteiger partial charge on any atom is 0.0231 e. The Morgan fingerprint density at radius 3 is 2.55 bits per heavy atom. The normalized spacial score (nSPS) is 19.8. The summed E-state index contributed by atoms with van der Waals surface area (Å²) in [6.45, 7) is 2.13. The van der Waals surface area contributed by atoms with Crippen LogP contribution in [0.3, 0.4) is 0 Å². The van der Waals surface area contributed by atoms with Crippen LogP contribution in [0.1, 0.15) is 39.0 Å². The molecule has 0 aliphatic heterocycles. The molecule has 64 valence electrons. The van der Waals surface area contributed by atoms with Gasteiger partial charge in [0.05, 0.1) is 0 Å². The van der Waals surface area contributed by atoms with Gasteiger partial charge < -0.3 is 10.7 Å². The maximum absolute atomic E-state index is 7.65. The van der Waals surface area contributed by atoms with Crippen molar-refractivity contribution >= 4 is 5.71 Å². The van der Waals surface area contributed by atoms with Crippen LogP contribution in [0.15, 0.2) is 0 Å². The van der Waals surface area contributed by atoms with Gasteiger partial charge in [-0.2, -0.15) is 0 Å². The summed E-state index contributed by atoms with van der Waals surface area (Å²) >= 11 is 0. The summed E-state index contributed by atoms with van der Waals surface area (Å²) < 4.78 is 0. The minimum Gasteiger partial charge on any atom is -0.314 e. The predicted molar refractivity (Wildman–Crippen MR) is 48.3 cm³/mol. The van der Waals surface area contributed by atoms with E-state index in [1.54, 1.807) is 0 Å². The second kappa shape index (κ2) is 3.35. The smallest absolute Gasteiger partial charge is 0.0231 e. The van der Waals surface area contributed by atoms with Crippen molar-refractivity contribution < 1.29 is 0 Å².